The molecule has 0 amide bonds. The van der Waals surface area contributed by atoms with Crippen LogP contribution in [0.5, 0.6) is 11.5 Å². The smallest absolute Gasteiger partial charge is 0.196 e. The minimum absolute atomic E-state index is 0.0253. The van der Waals surface area contributed by atoms with Crippen LogP contribution in [0.4, 0.5) is 0 Å². The lowest BCUT2D eigenvalue weighted by Crippen LogP contribution is -2.18. The third-order valence-electron chi connectivity index (χ3n) is 2.97. The Kier molecular flexibility index (Phi) is 3.09. The number of hydrogen-bond donors (Lipinski definition) is 0. The molecule has 0 saturated heterocycles. The van der Waals surface area contributed by atoms with Crippen molar-refractivity contribution in [3.63, 3.8) is 0 Å². The van der Waals surface area contributed by atoms with Crippen LogP contribution in [0.25, 0.3) is 6.08 Å². The van der Waals surface area contributed by atoms with Crippen LogP contribution in [0.3, 0.4) is 0 Å². The fraction of sp³-hybridized carbons (Fsp3) is 0.133. The highest BCUT2D eigenvalue weighted by molar-refractivity contribution is 7.10. The van der Waals surface area contributed by atoms with E-state index < -0.39 is 0 Å². The van der Waals surface area contributed by atoms with Crippen molar-refractivity contribution in [3.05, 3.63) is 51.7 Å². The Morgan fingerprint density at radius 1 is 1.37 bits per heavy atom. The van der Waals surface area contributed by atoms with Crippen LogP contribution in [0.2, 0.25) is 0 Å². The first-order valence-corrected chi connectivity index (χ1v) is 6.75. The van der Waals surface area contributed by atoms with E-state index in [0.29, 0.717) is 29.2 Å². The second-order valence-corrected chi connectivity index (χ2v) is 5.14. The first kappa shape index (κ1) is 12.0. The zero-order chi connectivity index (χ0) is 13.2. The quantitative estimate of drug-likeness (QED) is 0.786. The molecule has 4 heteroatoms. The Labute approximate surface area is 115 Å². The van der Waals surface area contributed by atoms with Gasteiger partial charge in [0.2, 0.25) is 0 Å². The van der Waals surface area contributed by atoms with Gasteiger partial charge in [0.1, 0.15) is 18.1 Å². The summed E-state index contributed by atoms with van der Waals surface area (Å²) in [6.07, 6.45) is 1.89. The number of hydrogen-bond acceptors (Lipinski definition) is 4. The minimum Gasteiger partial charge on any atom is -0.497 e. The Balaban J connectivity index is 1.96. The van der Waals surface area contributed by atoms with Gasteiger partial charge in [-0.1, -0.05) is 6.07 Å². The Morgan fingerprint density at radius 3 is 3.00 bits per heavy atom. The van der Waals surface area contributed by atoms with Crippen LogP contribution in [0, 0.1) is 0 Å². The number of thiophene rings is 1. The summed E-state index contributed by atoms with van der Waals surface area (Å²) in [5, 5.41) is 1.99. The van der Waals surface area contributed by atoms with Crippen molar-refractivity contribution in [3.8, 4) is 11.5 Å². The van der Waals surface area contributed by atoms with Crippen molar-refractivity contribution in [2.45, 2.75) is 0 Å². The molecule has 3 rings (SSSR count). The van der Waals surface area contributed by atoms with Crippen LogP contribution in [-0.2, 0) is 0 Å². The van der Waals surface area contributed by atoms with Crippen molar-refractivity contribution < 1.29 is 14.3 Å². The van der Waals surface area contributed by atoms with Gasteiger partial charge in [-0.3, -0.25) is 4.79 Å². The highest BCUT2D eigenvalue weighted by Crippen LogP contribution is 2.31. The van der Waals surface area contributed by atoms with E-state index in [4.69, 9.17) is 9.47 Å². The molecule has 0 N–H and O–H groups in total. The summed E-state index contributed by atoms with van der Waals surface area (Å²) in [6, 6.07) is 9.21. The monoisotopic (exact) mass is 272 g/mol. The van der Waals surface area contributed by atoms with Crippen molar-refractivity contribution in [2.75, 3.05) is 13.7 Å². The first-order valence-electron chi connectivity index (χ1n) is 5.87. The maximum absolute atomic E-state index is 12.4. The van der Waals surface area contributed by atoms with Crippen molar-refractivity contribution in [1.29, 1.82) is 0 Å². The number of benzene rings is 1. The summed E-state index contributed by atoms with van der Waals surface area (Å²) in [4.78, 5) is 13.4. The fourth-order valence-electron chi connectivity index (χ4n) is 1.98. The third-order valence-corrected chi connectivity index (χ3v) is 3.79. The SMILES string of the molecule is COc1ccc2c(c1)OC/C(=C/c1cccs1)C2=O. The second kappa shape index (κ2) is 4.90. The van der Waals surface area contributed by atoms with Gasteiger partial charge in [0, 0.05) is 16.5 Å². The number of ether oxygens (including phenoxy) is 2. The molecular weight excluding hydrogens is 260 g/mol. The Morgan fingerprint density at radius 2 is 2.26 bits per heavy atom. The molecule has 1 aromatic heterocycles. The molecule has 0 saturated carbocycles. The maximum Gasteiger partial charge on any atom is 0.196 e. The minimum atomic E-state index is 0.0253. The van der Waals surface area contributed by atoms with Gasteiger partial charge in [-0.25, -0.2) is 0 Å². The highest BCUT2D eigenvalue weighted by atomic mass is 32.1. The molecule has 0 atom stereocenters. The number of carbonyl (C=O) groups is 1. The maximum atomic E-state index is 12.4. The predicted molar refractivity (Wildman–Crippen MR) is 75.1 cm³/mol. The van der Waals surface area contributed by atoms with E-state index in [2.05, 4.69) is 0 Å². The number of rotatable bonds is 2. The number of methoxy groups -OCH3 is 1. The van der Waals surface area contributed by atoms with Gasteiger partial charge in [-0.2, -0.15) is 0 Å². The number of carbonyl (C=O) groups excluding carboxylic acids is 1. The number of ketones is 1. The summed E-state index contributed by atoms with van der Waals surface area (Å²) in [5.74, 6) is 1.31. The average Bonchev–Trinajstić information content (AvgIpc) is 2.94. The van der Waals surface area contributed by atoms with Gasteiger partial charge >= 0.3 is 0 Å². The van der Waals surface area contributed by atoms with Gasteiger partial charge in [0.05, 0.1) is 12.7 Å². The van der Waals surface area contributed by atoms with E-state index in [1.54, 1.807) is 36.6 Å². The van der Waals surface area contributed by atoms with Crippen molar-refractivity contribution in [1.82, 2.24) is 0 Å². The fourth-order valence-corrected chi connectivity index (χ4v) is 2.66. The summed E-state index contributed by atoms with van der Waals surface area (Å²) in [6.45, 7) is 0.302. The Hall–Kier alpha value is -2.07. The molecule has 0 aliphatic carbocycles. The molecule has 1 aliphatic rings. The van der Waals surface area contributed by atoms with Crippen LogP contribution in [0.15, 0.2) is 41.3 Å². The predicted octanol–water partition coefficient (Wildman–Crippen LogP) is 3.42. The van der Waals surface area contributed by atoms with E-state index in [1.165, 1.54) is 0 Å². The van der Waals surface area contributed by atoms with E-state index in [-0.39, 0.29) is 5.78 Å². The lowest BCUT2D eigenvalue weighted by atomic mass is 9.99. The van der Waals surface area contributed by atoms with Gasteiger partial charge in [-0.05, 0) is 29.7 Å². The van der Waals surface area contributed by atoms with Crippen LogP contribution >= 0.6 is 11.3 Å². The van der Waals surface area contributed by atoms with E-state index >= 15 is 0 Å². The molecule has 2 heterocycles. The van der Waals surface area contributed by atoms with E-state index in [1.807, 2.05) is 23.6 Å². The zero-order valence-corrected chi connectivity index (χ0v) is 11.2. The molecule has 1 aromatic carbocycles. The van der Waals surface area contributed by atoms with Crippen LogP contribution < -0.4 is 9.47 Å². The largest absolute Gasteiger partial charge is 0.497 e. The lowest BCUT2D eigenvalue weighted by molar-refractivity contribution is 0.100. The van der Waals surface area contributed by atoms with Gasteiger partial charge in [-0.15, -0.1) is 11.3 Å². The second-order valence-electron chi connectivity index (χ2n) is 4.16. The first-order chi connectivity index (χ1) is 9.28. The summed E-state index contributed by atoms with van der Waals surface area (Å²) < 4.78 is 10.8. The van der Waals surface area contributed by atoms with Crippen molar-refractivity contribution >= 4 is 23.2 Å². The molecule has 0 fully saturated rings. The molecule has 0 bridgehead atoms. The summed E-state index contributed by atoms with van der Waals surface area (Å²) in [5.41, 5.74) is 1.27. The molecule has 0 radical (unpaired) electrons. The molecule has 96 valence electrons. The Bertz CT molecular complexity index is 641. The van der Waals surface area contributed by atoms with Gasteiger partial charge in [0.15, 0.2) is 5.78 Å². The van der Waals surface area contributed by atoms with Crippen molar-refractivity contribution in [2.24, 2.45) is 0 Å². The van der Waals surface area contributed by atoms with E-state index in [0.717, 1.165) is 4.88 Å². The topological polar surface area (TPSA) is 35.5 Å². The van der Waals surface area contributed by atoms with Gasteiger partial charge in [0.25, 0.3) is 0 Å². The summed E-state index contributed by atoms with van der Waals surface area (Å²) >= 11 is 1.60. The molecule has 2 aromatic rings. The molecule has 0 unspecified atom stereocenters. The normalized spacial score (nSPS) is 16.1. The van der Waals surface area contributed by atoms with Crippen LogP contribution in [-0.4, -0.2) is 19.5 Å². The lowest BCUT2D eigenvalue weighted by Gasteiger charge is -2.19. The standard InChI is InChI=1S/C15H12O3S/c1-17-11-4-5-13-14(8-11)18-9-10(15(13)16)7-12-3-2-6-19-12/h2-8H,9H2,1H3/b10-7-. The highest BCUT2D eigenvalue weighted by Gasteiger charge is 2.23. The zero-order valence-electron chi connectivity index (χ0n) is 10.4. The third kappa shape index (κ3) is 2.27. The molecular formula is C15H12O3S. The summed E-state index contributed by atoms with van der Waals surface area (Å²) in [7, 11) is 1.59. The van der Waals surface area contributed by atoms with Crippen LogP contribution in [0.1, 0.15) is 15.2 Å². The molecule has 0 spiro atoms. The molecule has 19 heavy (non-hydrogen) atoms. The average molecular weight is 272 g/mol. The molecule has 3 nitrogen and oxygen atoms in total. The number of Topliss-reactive ketones (excluding diaryl/α,β-unsaturated/α-hetero) is 1. The van der Waals surface area contributed by atoms with E-state index in [9.17, 15) is 4.79 Å². The number of fused-ring (bicyclic) bond motifs is 1. The van der Waals surface area contributed by atoms with Gasteiger partial charge < -0.3 is 9.47 Å². The molecule has 1 aliphatic heterocycles.